The van der Waals surface area contributed by atoms with E-state index in [2.05, 4.69) is 9.80 Å². The second kappa shape index (κ2) is 17.2. The summed E-state index contributed by atoms with van der Waals surface area (Å²) in [4.78, 5) is 30.6. The summed E-state index contributed by atoms with van der Waals surface area (Å²) in [5.74, 6) is 1.74. The Morgan fingerprint density at radius 3 is 1.24 bits per heavy atom. The van der Waals surface area contributed by atoms with Gasteiger partial charge in [0, 0.05) is 36.1 Å². The fraction of sp³-hybridized carbons (Fsp3) is 0.533. The van der Waals surface area contributed by atoms with E-state index in [4.69, 9.17) is 9.47 Å². The number of unbranched alkanes of at least 4 members (excludes halogenated alkanes) is 1. The number of carbonyl (C=O) groups is 2. The Labute approximate surface area is 229 Å². The molecule has 0 aliphatic rings. The van der Waals surface area contributed by atoms with Crippen molar-refractivity contribution in [3.05, 3.63) is 59.7 Å². The Kier molecular flexibility index (Phi) is 15.1. The maximum absolute atomic E-state index is 13.3. The molecule has 6 nitrogen and oxygen atoms in total. The van der Waals surface area contributed by atoms with Crippen molar-refractivity contribution in [3.63, 3.8) is 0 Å². The van der Waals surface area contributed by atoms with Gasteiger partial charge >= 0.3 is 0 Å². The van der Waals surface area contributed by atoms with Gasteiger partial charge in [0.25, 0.3) is 0 Å². The smallest absolute Gasteiger partial charge is 0.167 e. The molecule has 0 aliphatic heterocycles. The normalized spacial score (nSPS) is 12.6. The lowest BCUT2D eigenvalue weighted by molar-refractivity contribution is 0.0867. The topological polar surface area (TPSA) is 59.1 Å². The van der Waals surface area contributed by atoms with E-state index in [1.54, 1.807) is 0 Å². The predicted molar refractivity (Wildman–Crippen MR) is 154 cm³/mol. The fourth-order valence-corrected chi connectivity index (χ4v) is 4.51. The molecular weight excluding hydrogens is 488 g/mol. The molecule has 0 heterocycles. The number of ketones is 2. The van der Waals surface area contributed by atoms with Crippen molar-refractivity contribution in [1.29, 1.82) is 0 Å². The van der Waals surface area contributed by atoms with Gasteiger partial charge in [0.15, 0.2) is 11.6 Å². The van der Waals surface area contributed by atoms with E-state index >= 15 is 0 Å². The molecule has 2 rings (SSSR count). The standard InChI is InChI=1S/C30H44N2O4.ClH/c1-7-35-27-17-13-23(14-18-27)29(33)25(21-31(3)4)11-9-10-12-26(22-32(5)6)30(34)24-15-19-28(20-16-24)36-8-2;/h13-20,25-26H,7-12,21-22H2,1-6H3;1H. The quantitative estimate of drug-likeness (QED) is 0.187. The van der Waals surface area contributed by atoms with Crippen molar-refractivity contribution >= 4 is 24.0 Å². The molecule has 2 aromatic carbocycles. The number of benzene rings is 2. The van der Waals surface area contributed by atoms with Crippen molar-refractivity contribution in [3.8, 4) is 11.5 Å². The van der Waals surface area contributed by atoms with Crippen LogP contribution in [0.1, 0.15) is 60.2 Å². The molecule has 0 bridgehead atoms. The van der Waals surface area contributed by atoms with Crippen LogP contribution in [0.25, 0.3) is 0 Å². The number of hydrogen-bond donors (Lipinski definition) is 0. The molecule has 206 valence electrons. The highest BCUT2D eigenvalue weighted by Crippen LogP contribution is 2.23. The van der Waals surface area contributed by atoms with Gasteiger partial charge in [0.1, 0.15) is 11.5 Å². The summed E-state index contributed by atoms with van der Waals surface area (Å²) in [7, 11) is 8.00. The molecule has 37 heavy (non-hydrogen) atoms. The van der Waals surface area contributed by atoms with Gasteiger partial charge in [-0.3, -0.25) is 9.59 Å². The van der Waals surface area contributed by atoms with Gasteiger partial charge in [0.2, 0.25) is 0 Å². The SMILES string of the molecule is CCOc1ccc(C(=O)C(CCCCC(CN(C)C)C(=O)c2ccc(OCC)cc2)CN(C)C)cc1.Cl. The molecule has 0 radical (unpaired) electrons. The zero-order valence-electron chi connectivity index (χ0n) is 23.4. The number of carbonyl (C=O) groups excluding carboxylic acids is 2. The molecule has 2 atom stereocenters. The number of Topliss-reactive ketones (excluding diaryl/α,β-unsaturated/α-hetero) is 2. The van der Waals surface area contributed by atoms with Crippen molar-refractivity contribution in [2.24, 2.45) is 11.8 Å². The molecule has 0 aromatic heterocycles. The summed E-state index contributed by atoms with van der Waals surface area (Å²) in [6.45, 7) is 6.51. The number of rotatable bonds is 17. The predicted octanol–water partition coefficient (Wildman–Crippen LogP) is 5.89. The van der Waals surface area contributed by atoms with E-state index in [0.717, 1.165) is 48.3 Å². The van der Waals surface area contributed by atoms with Gasteiger partial charge in [-0.15, -0.1) is 12.4 Å². The van der Waals surface area contributed by atoms with Crippen LogP contribution in [0.3, 0.4) is 0 Å². The third-order valence-corrected chi connectivity index (χ3v) is 6.17. The lowest BCUT2D eigenvalue weighted by atomic mass is 9.88. The monoisotopic (exact) mass is 532 g/mol. The second-order valence-electron chi connectivity index (χ2n) is 9.85. The average Bonchev–Trinajstić information content (AvgIpc) is 2.85. The van der Waals surface area contributed by atoms with Gasteiger partial charge < -0.3 is 19.3 Å². The van der Waals surface area contributed by atoms with E-state index in [0.29, 0.717) is 26.3 Å². The lowest BCUT2D eigenvalue weighted by Crippen LogP contribution is -2.29. The molecule has 7 heteroatoms. The third-order valence-electron chi connectivity index (χ3n) is 6.17. The zero-order valence-corrected chi connectivity index (χ0v) is 24.2. The Morgan fingerprint density at radius 1 is 0.649 bits per heavy atom. The summed E-state index contributed by atoms with van der Waals surface area (Å²) >= 11 is 0. The molecule has 0 saturated carbocycles. The lowest BCUT2D eigenvalue weighted by Gasteiger charge is -2.22. The van der Waals surface area contributed by atoms with Crippen LogP contribution in [0.15, 0.2) is 48.5 Å². The zero-order chi connectivity index (χ0) is 26.5. The molecule has 0 N–H and O–H groups in total. The molecule has 2 unspecified atom stereocenters. The molecular formula is C30H45ClN2O4. The van der Waals surface area contributed by atoms with Gasteiger partial charge in [-0.1, -0.05) is 12.8 Å². The first-order valence-electron chi connectivity index (χ1n) is 13.1. The van der Waals surface area contributed by atoms with Crippen molar-refractivity contribution in [2.45, 2.75) is 39.5 Å². The van der Waals surface area contributed by atoms with Crippen LogP contribution in [0.5, 0.6) is 11.5 Å². The van der Waals surface area contributed by atoms with Crippen molar-refractivity contribution < 1.29 is 19.1 Å². The Morgan fingerprint density at radius 2 is 0.973 bits per heavy atom. The molecule has 0 aliphatic carbocycles. The van der Waals surface area contributed by atoms with E-state index in [-0.39, 0.29) is 35.8 Å². The fourth-order valence-electron chi connectivity index (χ4n) is 4.51. The van der Waals surface area contributed by atoms with Crippen LogP contribution >= 0.6 is 12.4 Å². The number of hydrogen-bond acceptors (Lipinski definition) is 6. The largest absolute Gasteiger partial charge is 0.494 e. The molecule has 0 saturated heterocycles. The van der Waals surface area contributed by atoms with Gasteiger partial charge in [-0.05, 0) is 103 Å². The number of ether oxygens (including phenoxy) is 2. The third kappa shape index (κ3) is 11.2. The first-order valence-corrected chi connectivity index (χ1v) is 13.1. The van der Waals surface area contributed by atoms with Crippen molar-refractivity contribution in [1.82, 2.24) is 9.80 Å². The number of halogens is 1. The highest BCUT2D eigenvalue weighted by atomic mass is 35.5. The van der Waals surface area contributed by atoms with Crippen LogP contribution in [-0.2, 0) is 0 Å². The highest BCUT2D eigenvalue weighted by Gasteiger charge is 2.23. The molecule has 0 spiro atoms. The van der Waals surface area contributed by atoms with Gasteiger partial charge in [-0.2, -0.15) is 0 Å². The summed E-state index contributed by atoms with van der Waals surface area (Å²) in [5, 5.41) is 0. The minimum atomic E-state index is -0.0768. The average molecular weight is 533 g/mol. The first kappa shape index (κ1) is 32.6. The van der Waals surface area contributed by atoms with Crippen LogP contribution in [-0.4, -0.2) is 75.9 Å². The summed E-state index contributed by atoms with van der Waals surface area (Å²) in [6, 6.07) is 14.9. The maximum Gasteiger partial charge on any atom is 0.167 e. The maximum atomic E-state index is 13.3. The van der Waals surface area contributed by atoms with E-state index < -0.39 is 0 Å². The van der Waals surface area contributed by atoms with Crippen LogP contribution in [0.4, 0.5) is 0 Å². The van der Waals surface area contributed by atoms with Crippen molar-refractivity contribution in [2.75, 3.05) is 54.5 Å². The Balaban J connectivity index is 0.00000684. The summed E-state index contributed by atoms with van der Waals surface area (Å²) in [6.07, 6.45) is 3.41. The minimum absolute atomic E-state index is 0. The minimum Gasteiger partial charge on any atom is -0.494 e. The van der Waals surface area contributed by atoms with Crippen LogP contribution in [0, 0.1) is 11.8 Å². The highest BCUT2D eigenvalue weighted by molar-refractivity contribution is 5.98. The Bertz CT molecular complexity index is 852. The molecule has 2 aromatic rings. The van der Waals surface area contributed by atoms with Gasteiger partial charge in [-0.25, -0.2) is 0 Å². The van der Waals surface area contributed by atoms with Gasteiger partial charge in [0.05, 0.1) is 13.2 Å². The Hall–Kier alpha value is -2.41. The van der Waals surface area contributed by atoms with Crippen LogP contribution < -0.4 is 9.47 Å². The van der Waals surface area contributed by atoms with Crippen LogP contribution in [0.2, 0.25) is 0 Å². The van der Waals surface area contributed by atoms with E-state index in [1.807, 2.05) is 90.6 Å². The van der Waals surface area contributed by atoms with E-state index in [9.17, 15) is 9.59 Å². The molecule has 0 fully saturated rings. The second-order valence-corrected chi connectivity index (χ2v) is 9.85. The molecule has 0 amide bonds. The number of nitrogens with zero attached hydrogens (tertiary/aromatic N) is 2. The first-order chi connectivity index (χ1) is 17.2. The summed E-state index contributed by atoms with van der Waals surface area (Å²) in [5.41, 5.74) is 1.45. The summed E-state index contributed by atoms with van der Waals surface area (Å²) < 4.78 is 11.0. The van der Waals surface area contributed by atoms with E-state index in [1.165, 1.54) is 0 Å².